The molecule has 26 heavy (non-hydrogen) atoms. The van der Waals surface area contributed by atoms with Crippen molar-refractivity contribution >= 4 is 44.9 Å². The SMILES string of the molecule is Cc1ccccc1N(CC(=O)OC(C)C)S(=O)(=O)c1ccc(Cl)c(Cl)c1. The van der Waals surface area contributed by atoms with Gasteiger partial charge in [0.05, 0.1) is 26.7 Å². The summed E-state index contributed by atoms with van der Waals surface area (Å²) < 4.78 is 32.5. The number of esters is 1. The number of benzene rings is 2. The number of carbonyl (C=O) groups excluding carboxylic acids is 1. The summed E-state index contributed by atoms with van der Waals surface area (Å²) in [5.41, 5.74) is 1.09. The molecule has 5 nitrogen and oxygen atoms in total. The fourth-order valence-electron chi connectivity index (χ4n) is 2.32. The predicted octanol–water partition coefficient (Wildman–Crippen LogP) is 4.45. The Hall–Kier alpha value is -1.76. The van der Waals surface area contributed by atoms with Gasteiger partial charge in [0.25, 0.3) is 10.0 Å². The average molecular weight is 416 g/mol. The molecule has 2 aromatic carbocycles. The fourth-order valence-corrected chi connectivity index (χ4v) is 4.19. The lowest BCUT2D eigenvalue weighted by molar-refractivity contribution is -0.145. The monoisotopic (exact) mass is 415 g/mol. The number of ether oxygens (including phenoxy) is 1. The van der Waals surface area contributed by atoms with Gasteiger partial charge in [0, 0.05) is 0 Å². The maximum atomic E-state index is 13.2. The molecule has 0 fully saturated rings. The van der Waals surface area contributed by atoms with Crippen molar-refractivity contribution in [2.75, 3.05) is 10.8 Å². The number of rotatable bonds is 6. The van der Waals surface area contributed by atoms with E-state index in [-0.39, 0.29) is 21.0 Å². The molecule has 0 bridgehead atoms. The van der Waals surface area contributed by atoms with E-state index in [0.717, 1.165) is 4.31 Å². The Morgan fingerprint density at radius 1 is 1.12 bits per heavy atom. The van der Waals surface area contributed by atoms with Gasteiger partial charge in [-0.05, 0) is 50.6 Å². The number of nitrogens with zero attached hydrogens (tertiary/aromatic N) is 1. The molecule has 0 saturated heterocycles. The van der Waals surface area contributed by atoms with Crippen LogP contribution in [0.5, 0.6) is 0 Å². The van der Waals surface area contributed by atoms with E-state index in [0.29, 0.717) is 11.3 Å². The van der Waals surface area contributed by atoms with E-state index in [9.17, 15) is 13.2 Å². The number of anilines is 1. The Bertz CT molecular complexity index is 913. The van der Waals surface area contributed by atoms with Crippen LogP contribution in [0.4, 0.5) is 5.69 Å². The van der Waals surface area contributed by atoms with Crippen LogP contribution in [0.2, 0.25) is 10.0 Å². The third-order valence-electron chi connectivity index (χ3n) is 3.50. The first kappa shape index (κ1) is 20.6. The molecule has 0 spiro atoms. The van der Waals surface area contributed by atoms with Gasteiger partial charge in [0.2, 0.25) is 0 Å². The second kappa shape index (κ2) is 8.29. The van der Waals surface area contributed by atoms with Gasteiger partial charge in [-0.15, -0.1) is 0 Å². The van der Waals surface area contributed by atoms with E-state index < -0.39 is 22.5 Å². The molecule has 2 rings (SSSR count). The summed E-state index contributed by atoms with van der Waals surface area (Å²) in [7, 11) is -4.06. The van der Waals surface area contributed by atoms with Crippen LogP contribution in [-0.2, 0) is 19.6 Å². The number of carbonyl (C=O) groups is 1. The summed E-state index contributed by atoms with van der Waals surface area (Å²) in [6, 6.07) is 10.9. The van der Waals surface area contributed by atoms with Crippen molar-refractivity contribution in [3.05, 3.63) is 58.1 Å². The Morgan fingerprint density at radius 3 is 2.35 bits per heavy atom. The first-order valence-corrected chi connectivity index (χ1v) is 10.1. The third-order valence-corrected chi connectivity index (χ3v) is 6.00. The van der Waals surface area contributed by atoms with E-state index in [1.165, 1.54) is 18.2 Å². The summed E-state index contributed by atoms with van der Waals surface area (Å²) in [5.74, 6) is -0.646. The number of aryl methyl sites for hydroxylation is 1. The van der Waals surface area contributed by atoms with E-state index >= 15 is 0 Å². The van der Waals surface area contributed by atoms with E-state index in [1.807, 2.05) is 0 Å². The minimum atomic E-state index is -4.06. The lowest BCUT2D eigenvalue weighted by Gasteiger charge is -2.25. The van der Waals surface area contributed by atoms with Crippen LogP contribution in [0, 0.1) is 6.92 Å². The van der Waals surface area contributed by atoms with Gasteiger partial charge in [-0.2, -0.15) is 0 Å². The lowest BCUT2D eigenvalue weighted by atomic mass is 10.2. The van der Waals surface area contributed by atoms with E-state index in [2.05, 4.69) is 0 Å². The molecule has 0 aromatic heterocycles. The molecular weight excluding hydrogens is 397 g/mol. The Kier molecular flexibility index (Phi) is 6.55. The Balaban J connectivity index is 2.53. The molecule has 8 heteroatoms. The number of sulfonamides is 1. The van der Waals surface area contributed by atoms with E-state index in [4.69, 9.17) is 27.9 Å². The zero-order chi connectivity index (χ0) is 19.5. The summed E-state index contributed by atoms with van der Waals surface area (Å²) in [5, 5.41) is 0.356. The van der Waals surface area contributed by atoms with Crippen LogP contribution in [0.3, 0.4) is 0 Å². The summed E-state index contributed by atoms with van der Waals surface area (Å²) in [6.07, 6.45) is -0.353. The molecule has 0 heterocycles. The highest BCUT2D eigenvalue weighted by Crippen LogP contribution is 2.30. The summed E-state index contributed by atoms with van der Waals surface area (Å²) >= 11 is 11.8. The number of hydrogen-bond acceptors (Lipinski definition) is 4. The normalized spacial score (nSPS) is 11.5. The fraction of sp³-hybridized carbons (Fsp3) is 0.278. The minimum absolute atomic E-state index is 0.0625. The number of halogens is 2. The molecule has 0 amide bonds. The second-order valence-electron chi connectivity index (χ2n) is 5.91. The largest absolute Gasteiger partial charge is 0.462 e. The van der Waals surface area contributed by atoms with Crippen LogP contribution in [-0.4, -0.2) is 27.0 Å². The Morgan fingerprint density at radius 2 is 1.77 bits per heavy atom. The van der Waals surface area contributed by atoms with Crippen molar-refractivity contribution in [2.24, 2.45) is 0 Å². The quantitative estimate of drug-likeness (QED) is 0.653. The van der Waals surface area contributed by atoms with Crippen LogP contribution in [0.1, 0.15) is 19.4 Å². The molecule has 0 aliphatic carbocycles. The molecule has 0 atom stereocenters. The van der Waals surface area contributed by atoms with Gasteiger partial charge in [0.1, 0.15) is 6.54 Å². The zero-order valence-corrected chi connectivity index (χ0v) is 16.9. The second-order valence-corrected chi connectivity index (χ2v) is 8.59. The summed E-state index contributed by atoms with van der Waals surface area (Å²) in [6.45, 7) is 4.71. The van der Waals surface area contributed by atoms with Crippen molar-refractivity contribution < 1.29 is 17.9 Å². The number of hydrogen-bond donors (Lipinski definition) is 0. The average Bonchev–Trinajstić information content (AvgIpc) is 2.55. The molecule has 0 aliphatic rings. The maximum absolute atomic E-state index is 13.2. The molecule has 0 radical (unpaired) electrons. The molecule has 0 unspecified atom stereocenters. The standard InChI is InChI=1S/C18H19Cl2NO4S/c1-12(2)25-18(22)11-21(17-7-5-4-6-13(17)3)26(23,24)14-8-9-15(19)16(20)10-14/h4-10,12H,11H2,1-3H3. The molecule has 0 saturated carbocycles. The highest BCUT2D eigenvalue weighted by Gasteiger charge is 2.29. The van der Waals surface area contributed by atoms with Crippen LogP contribution >= 0.6 is 23.2 Å². The minimum Gasteiger partial charge on any atom is -0.462 e. The van der Waals surface area contributed by atoms with Crippen LogP contribution in [0.15, 0.2) is 47.4 Å². The zero-order valence-electron chi connectivity index (χ0n) is 14.6. The molecule has 0 N–H and O–H groups in total. The van der Waals surface area contributed by atoms with Crippen molar-refractivity contribution in [1.29, 1.82) is 0 Å². The van der Waals surface area contributed by atoms with Crippen molar-refractivity contribution in [2.45, 2.75) is 31.8 Å². The van der Waals surface area contributed by atoms with Gasteiger partial charge in [-0.3, -0.25) is 9.10 Å². The summed E-state index contributed by atoms with van der Waals surface area (Å²) in [4.78, 5) is 12.1. The third kappa shape index (κ3) is 4.69. The lowest BCUT2D eigenvalue weighted by Crippen LogP contribution is -2.37. The number of para-hydroxylation sites is 1. The Labute approximate surface area is 163 Å². The topological polar surface area (TPSA) is 63.7 Å². The first-order chi connectivity index (χ1) is 12.1. The van der Waals surface area contributed by atoms with Crippen molar-refractivity contribution in [3.63, 3.8) is 0 Å². The van der Waals surface area contributed by atoms with Gasteiger partial charge in [0.15, 0.2) is 0 Å². The van der Waals surface area contributed by atoms with Gasteiger partial charge in [-0.25, -0.2) is 8.42 Å². The molecule has 140 valence electrons. The van der Waals surface area contributed by atoms with E-state index in [1.54, 1.807) is 45.0 Å². The maximum Gasteiger partial charge on any atom is 0.327 e. The van der Waals surface area contributed by atoms with Crippen molar-refractivity contribution in [1.82, 2.24) is 0 Å². The highest BCUT2D eigenvalue weighted by molar-refractivity contribution is 7.92. The molecule has 2 aromatic rings. The first-order valence-electron chi connectivity index (χ1n) is 7.86. The molecule has 0 aliphatic heterocycles. The van der Waals surface area contributed by atoms with Crippen LogP contribution < -0.4 is 4.31 Å². The molecular formula is C18H19Cl2NO4S. The van der Waals surface area contributed by atoms with Gasteiger partial charge in [-0.1, -0.05) is 41.4 Å². The predicted molar refractivity (Wildman–Crippen MR) is 103 cm³/mol. The van der Waals surface area contributed by atoms with Gasteiger partial charge < -0.3 is 4.74 Å². The van der Waals surface area contributed by atoms with Crippen molar-refractivity contribution in [3.8, 4) is 0 Å². The van der Waals surface area contributed by atoms with Gasteiger partial charge >= 0.3 is 5.97 Å². The van der Waals surface area contributed by atoms with Crippen LogP contribution in [0.25, 0.3) is 0 Å². The highest BCUT2D eigenvalue weighted by atomic mass is 35.5. The smallest absolute Gasteiger partial charge is 0.327 e.